The molecule has 3 N–H and O–H groups in total. The molecule has 2 rings (SSSR count). The Balaban J connectivity index is 0.000000225. The van der Waals surface area contributed by atoms with Gasteiger partial charge in [0.05, 0.1) is 19.8 Å². The van der Waals surface area contributed by atoms with E-state index in [9.17, 15) is 0 Å². The van der Waals surface area contributed by atoms with Crippen molar-refractivity contribution in [1.82, 2.24) is 4.90 Å². The fourth-order valence-electron chi connectivity index (χ4n) is 2.02. The Morgan fingerprint density at radius 1 is 0.545 bits per heavy atom. The molecule has 120 valence electrons. The molecule has 2 aromatic carbocycles. The molecule has 0 atom stereocenters. The average Bonchev–Trinajstić information content (AvgIpc) is 2.58. The van der Waals surface area contributed by atoms with Gasteiger partial charge in [-0.25, -0.2) is 0 Å². The van der Waals surface area contributed by atoms with Gasteiger partial charge in [-0.05, 0) is 11.1 Å². The summed E-state index contributed by atoms with van der Waals surface area (Å²) in [5.74, 6) is 0. The minimum Gasteiger partial charge on any atom is -0.395 e. The molecule has 0 aliphatic heterocycles. The van der Waals surface area contributed by atoms with E-state index in [1.807, 2.05) is 12.1 Å². The van der Waals surface area contributed by atoms with Gasteiger partial charge in [-0.15, -0.1) is 0 Å². The summed E-state index contributed by atoms with van der Waals surface area (Å²) in [7, 11) is 0. The number of nitrogens with zero attached hydrogens (tertiary/aromatic N) is 1. The third-order valence-corrected chi connectivity index (χ3v) is 3.13. The quantitative estimate of drug-likeness (QED) is 0.727. The number of aliphatic hydroxyl groups is 3. The zero-order valence-electron chi connectivity index (χ0n) is 12.8. The Hall–Kier alpha value is -1.72. The van der Waals surface area contributed by atoms with Gasteiger partial charge in [0.25, 0.3) is 0 Å². The van der Waals surface area contributed by atoms with Gasteiger partial charge in [-0.1, -0.05) is 60.7 Å². The first-order valence-electron chi connectivity index (χ1n) is 7.47. The van der Waals surface area contributed by atoms with E-state index in [-0.39, 0.29) is 19.8 Å². The van der Waals surface area contributed by atoms with Crippen molar-refractivity contribution in [3.05, 3.63) is 60.7 Å². The number of hydrogen-bond acceptors (Lipinski definition) is 4. The molecule has 0 saturated carbocycles. The van der Waals surface area contributed by atoms with Gasteiger partial charge in [0.1, 0.15) is 0 Å². The summed E-state index contributed by atoms with van der Waals surface area (Å²) >= 11 is 0. The van der Waals surface area contributed by atoms with Crippen LogP contribution in [-0.2, 0) is 0 Å². The molecule has 0 spiro atoms. The lowest BCUT2D eigenvalue weighted by atomic mass is 10.1. The SMILES string of the molecule is OCCN(CCO)CCO.c1ccc(-c2ccccc2)cc1. The molecule has 2 aromatic rings. The zero-order valence-corrected chi connectivity index (χ0v) is 12.8. The van der Waals surface area contributed by atoms with Crippen LogP contribution in [0.2, 0.25) is 0 Å². The Bertz CT molecular complexity index is 424. The second kappa shape index (κ2) is 11.9. The summed E-state index contributed by atoms with van der Waals surface area (Å²) in [6, 6.07) is 20.8. The van der Waals surface area contributed by atoms with Crippen LogP contribution in [0.5, 0.6) is 0 Å². The van der Waals surface area contributed by atoms with Gasteiger partial charge >= 0.3 is 0 Å². The standard InChI is InChI=1S/C12H10.C6H15NO3/c1-3-7-11(8-4-1)12-9-5-2-6-10-12;8-4-1-7(2-5-9)3-6-10/h1-10H;8-10H,1-6H2. The normalized spacial score (nSPS) is 10.2. The highest BCUT2D eigenvalue weighted by molar-refractivity contribution is 5.62. The minimum atomic E-state index is 0.0694. The van der Waals surface area contributed by atoms with E-state index < -0.39 is 0 Å². The Morgan fingerprint density at radius 2 is 0.864 bits per heavy atom. The van der Waals surface area contributed by atoms with Crippen molar-refractivity contribution in [1.29, 1.82) is 0 Å². The van der Waals surface area contributed by atoms with Gasteiger partial charge < -0.3 is 15.3 Å². The van der Waals surface area contributed by atoms with E-state index in [0.717, 1.165) is 0 Å². The van der Waals surface area contributed by atoms with Gasteiger partial charge in [0.2, 0.25) is 0 Å². The lowest BCUT2D eigenvalue weighted by Gasteiger charge is -2.17. The van der Waals surface area contributed by atoms with E-state index in [4.69, 9.17) is 15.3 Å². The molecule has 0 amide bonds. The molecule has 0 bridgehead atoms. The van der Waals surface area contributed by atoms with Crippen molar-refractivity contribution in [2.24, 2.45) is 0 Å². The van der Waals surface area contributed by atoms with E-state index in [2.05, 4.69) is 48.5 Å². The highest BCUT2D eigenvalue weighted by atomic mass is 16.3. The summed E-state index contributed by atoms with van der Waals surface area (Å²) in [5, 5.41) is 25.5. The van der Waals surface area contributed by atoms with Crippen LogP contribution in [0.4, 0.5) is 0 Å². The van der Waals surface area contributed by atoms with E-state index in [1.165, 1.54) is 11.1 Å². The molecular weight excluding hydrogens is 278 g/mol. The van der Waals surface area contributed by atoms with Crippen LogP contribution < -0.4 is 0 Å². The second-order valence-corrected chi connectivity index (χ2v) is 4.74. The first-order chi connectivity index (χ1) is 10.8. The molecule has 22 heavy (non-hydrogen) atoms. The Kier molecular flexibility index (Phi) is 9.90. The lowest BCUT2D eigenvalue weighted by Crippen LogP contribution is -2.32. The van der Waals surface area contributed by atoms with Crippen molar-refractivity contribution >= 4 is 0 Å². The number of hydrogen-bond donors (Lipinski definition) is 3. The van der Waals surface area contributed by atoms with Crippen molar-refractivity contribution in [3.8, 4) is 11.1 Å². The molecule has 0 saturated heterocycles. The Morgan fingerprint density at radius 3 is 1.14 bits per heavy atom. The van der Waals surface area contributed by atoms with Crippen LogP contribution >= 0.6 is 0 Å². The van der Waals surface area contributed by atoms with Crippen molar-refractivity contribution in [3.63, 3.8) is 0 Å². The van der Waals surface area contributed by atoms with Crippen LogP contribution in [0.1, 0.15) is 0 Å². The largest absolute Gasteiger partial charge is 0.395 e. The maximum absolute atomic E-state index is 8.48. The zero-order chi connectivity index (χ0) is 16.0. The third kappa shape index (κ3) is 7.33. The fraction of sp³-hybridized carbons (Fsp3) is 0.333. The summed E-state index contributed by atoms with van der Waals surface area (Å²) in [5.41, 5.74) is 2.55. The van der Waals surface area contributed by atoms with Crippen molar-refractivity contribution < 1.29 is 15.3 Å². The van der Waals surface area contributed by atoms with Crippen molar-refractivity contribution in [2.75, 3.05) is 39.5 Å². The number of aliphatic hydroxyl groups excluding tert-OH is 3. The molecule has 0 fully saturated rings. The molecule has 0 aliphatic rings. The third-order valence-electron chi connectivity index (χ3n) is 3.13. The molecule has 0 aliphatic carbocycles. The second-order valence-electron chi connectivity index (χ2n) is 4.74. The van der Waals surface area contributed by atoms with Crippen LogP contribution in [0.25, 0.3) is 11.1 Å². The summed E-state index contributed by atoms with van der Waals surface area (Å²) in [6.07, 6.45) is 0. The molecule has 4 nitrogen and oxygen atoms in total. The lowest BCUT2D eigenvalue weighted by molar-refractivity contribution is 0.136. The van der Waals surface area contributed by atoms with Crippen LogP contribution in [-0.4, -0.2) is 59.7 Å². The fourth-order valence-corrected chi connectivity index (χ4v) is 2.02. The van der Waals surface area contributed by atoms with Gasteiger partial charge in [-0.2, -0.15) is 0 Å². The van der Waals surface area contributed by atoms with Crippen molar-refractivity contribution in [2.45, 2.75) is 0 Å². The predicted molar refractivity (Wildman–Crippen MR) is 89.6 cm³/mol. The van der Waals surface area contributed by atoms with E-state index in [0.29, 0.717) is 19.6 Å². The van der Waals surface area contributed by atoms with Crippen LogP contribution in [0, 0.1) is 0 Å². The van der Waals surface area contributed by atoms with Gasteiger partial charge in [0.15, 0.2) is 0 Å². The van der Waals surface area contributed by atoms with Crippen LogP contribution in [0.15, 0.2) is 60.7 Å². The Labute approximate surface area is 132 Å². The topological polar surface area (TPSA) is 63.9 Å². The molecule has 0 heterocycles. The van der Waals surface area contributed by atoms with Crippen LogP contribution in [0.3, 0.4) is 0 Å². The molecular formula is C18H25NO3. The number of rotatable bonds is 7. The summed E-state index contributed by atoms with van der Waals surface area (Å²) in [6.45, 7) is 1.75. The van der Waals surface area contributed by atoms with Gasteiger partial charge in [0, 0.05) is 19.6 Å². The first kappa shape index (κ1) is 18.3. The maximum atomic E-state index is 8.48. The maximum Gasteiger partial charge on any atom is 0.0558 e. The first-order valence-corrected chi connectivity index (χ1v) is 7.47. The summed E-state index contributed by atoms with van der Waals surface area (Å²) in [4.78, 5) is 1.79. The number of benzene rings is 2. The molecule has 0 unspecified atom stereocenters. The molecule has 4 heteroatoms. The van der Waals surface area contributed by atoms with Gasteiger partial charge in [-0.3, -0.25) is 4.90 Å². The highest BCUT2D eigenvalue weighted by Gasteiger charge is 2.00. The smallest absolute Gasteiger partial charge is 0.0558 e. The minimum absolute atomic E-state index is 0.0694. The van der Waals surface area contributed by atoms with E-state index in [1.54, 1.807) is 4.90 Å². The summed E-state index contributed by atoms with van der Waals surface area (Å²) < 4.78 is 0. The molecule has 0 radical (unpaired) electrons. The monoisotopic (exact) mass is 303 g/mol. The predicted octanol–water partition coefficient (Wildman–Crippen LogP) is 1.62. The highest BCUT2D eigenvalue weighted by Crippen LogP contribution is 2.17. The van der Waals surface area contributed by atoms with E-state index >= 15 is 0 Å². The average molecular weight is 303 g/mol. The molecule has 0 aromatic heterocycles.